The highest BCUT2D eigenvalue weighted by Gasteiger charge is 2.26. The number of anilines is 2. The Morgan fingerprint density at radius 3 is 2.78 bits per heavy atom. The Kier molecular flexibility index (Phi) is 3.69. The van der Waals surface area contributed by atoms with E-state index in [0.29, 0.717) is 11.8 Å². The Balaban J connectivity index is 1.93. The zero-order valence-corrected chi connectivity index (χ0v) is 12.1. The van der Waals surface area contributed by atoms with E-state index in [4.69, 9.17) is 4.74 Å². The first-order valence-corrected chi connectivity index (χ1v) is 6.76. The van der Waals surface area contributed by atoms with Crippen molar-refractivity contribution in [2.75, 3.05) is 23.9 Å². The summed E-state index contributed by atoms with van der Waals surface area (Å²) < 4.78 is 31.9. The number of hydrogen-bond acceptors (Lipinski definition) is 3. The zero-order chi connectivity index (χ0) is 16.6. The van der Waals surface area contributed by atoms with Gasteiger partial charge >= 0.3 is 0 Å². The van der Waals surface area contributed by atoms with Crippen LogP contribution in [0, 0.1) is 11.6 Å². The first-order chi connectivity index (χ1) is 11.0. The van der Waals surface area contributed by atoms with E-state index in [1.54, 1.807) is 19.2 Å². The molecule has 2 aromatic rings. The van der Waals surface area contributed by atoms with Gasteiger partial charge in [0.15, 0.2) is 12.4 Å². The van der Waals surface area contributed by atoms with E-state index in [1.165, 1.54) is 11.0 Å². The van der Waals surface area contributed by atoms with E-state index in [2.05, 4.69) is 5.32 Å². The molecule has 0 saturated carbocycles. The zero-order valence-electron chi connectivity index (χ0n) is 12.1. The molecule has 118 valence electrons. The monoisotopic (exact) mass is 318 g/mol. The first kappa shape index (κ1) is 15.0. The van der Waals surface area contributed by atoms with E-state index in [9.17, 15) is 18.4 Å². The third-order valence-electron chi connectivity index (χ3n) is 3.49. The Morgan fingerprint density at radius 1 is 1.26 bits per heavy atom. The first-order valence-electron chi connectivity index (χ1n) is 6.76. The summed E-state index contributed by atoms with van der Waals surface area (Å²) in [6.45, 7) is -0.182. The third-order valence-corrected chi connectivity index (χ3v) is 3.49. The number of hydrogen-bond donors (Lipinski definition) is 1. The lowest BCUT2D eigenvalue weighted by molar-refractivity contribution is -0.121. The van der Waals surface area contributed by atoms with E-state index in [1.807, 2.05) is 0 Å². The highest BCUT2D eigenvalue weighted by Crippen LogP contribution is 2.35. The summed E-state index contributed by atoms with van der Waals surface area (Å²) >= 11 is 0. The van der Waals surface area contributed by atoms with Crippen LogP contribution in [0.4, 0.5) is 20.2 Å². The standard InChI is InChI=1S/C16H12F2N2O3/c1-20-13-4-2-3-10(15(13)23-8-14(20)21)16(22)19-12-6-5-9(17)7-11(12)18/h2-7H,8H2,1H3,(H,19,22). The lowest BCUT2D eigenvalue weighted by atomic mass is 10.1. The van der Waals surface area contributed by atoms with Gasteiger partial charge in [-0.1, -0.05) is 6.07 Å². The normalized spacial score (nSPS) is 13.3. The van der Waals surface area contributed by atoms with Crippen LogP contribution in [0.5, 0.6) is 5.75 Å². The largest absolute Gasteiger partial charge is 0.481 e. The summed E-state index contributed by atoms with van der Waals surface area (Å²) in [7, 11) is 1.57. The van der Waals surface area contributed by atoms with E-state index in [-0.39, 0.29) is 29.5 Å². The summed E-state index contributed by atoms with van der Waals surface area (Å²) in [5.41, 5.74) is 0.466. The topological polar surface area (TPSA) is 58.6 Å². The number of ether oxygens (including phenoxy) is 1. The average molecular weight is 318 g/mol. The number of carbonyl (C=O) groups excluding carboxylic acids is 2. The second kappa shape index (κ2) is 5.68. The maximum absolute atomic E-state index is 13.6. The third kappa shape index (κ3) is 2.73. The van der Waals surface area contributed by atoms with Crippen molar-refractivity contribution in [3.8, 4) is 5.75 Å². The molecule has 0 fully saturated rings. The van der Waals surface area contributed by atoms with Gasteiger partial charge in [-0.2, -0.15) is 0 Å². The van der Waals surface area contributed by atoms with Gasteiger partial charge in [0.2, 0.25) is 0 Å². The summed E-state index contributed by atoms with van der Waals surface area (Å²) in [6, 6.07) is 7.59. The molecular formula is C16H12F2N2O3. The van der Waals surface area contributed by atoms with Crippen molar-refractivity contribution >= 4 is 23.2 Å². The summed E-state index contributed by atoms with van der Waals surface area (Å²) in [5, 5.41) is 2.37. The second-order valence-electron chi connectivity index (χ2n) is 4.97. The Bertz CT molecular complexity index is 808. The van der Waals surface area contributed by atoms with Crippen LogP contribution in [0.25, 0.3) is 0 Å². The number of halogens is 2. The number of carbonyl (C=O) groups is 2. The van der Waals surface area contributed by atoms with E-state index < -0.39 is 17.5 Å². The quantitative estimate of drug-likeness (QED) is 0.926. The molecule has 23 heavy (non-hydrogen) atoms. The van der Waals surface area contributed by atoms with E-state index >= 15 is 0 Å². The number of amides is 2. The maximum atomic E-state index is 13.6. The predicted octanol–water partition coefficient (Wildman–Crippen LogP) is 2.57. The van der Waals surface area contributed by atoms with Crippen LogP contribution in [-0.2, 0) is 4.79 Å². The summed E-state index contributed by atoms with van der Waals surface area (Å²) in [5.74, 6) is -2.22. The number of nitrogens with zero attached hydrogens (tertiary/aromatic N) is 1. The van der Waals surface area contributed by atoms with Gasteiger partial charge in [-0.3, -0.25) is 9.59 Å². The van der Waals surface area contributed by atoms with Crippen molar-refractivity contribution in [2.45, 2.75) is 0 Å². The Hall–Kier alpha value is -2.96. The molecule has 5 nitrogen and oxygen atoms in total. The van der Waals surface area contributed by atoms with Crippen LogP contribution in [0.15, 0.2) is 36.4 Å². The molecule has 2 aromatic carbocycles. The van der Waals surface area contributed by atoms with Gasteiger partial charge < -0.3 is 15.0 Å². The minimum absolute atomic E-state index is 0.144. The van der Waals surface area contributed by atoms with Crippen molar-refractivity contribution in [2.24, 2.45) is 0 Å². The van der Waals surface area contributed by atoms with E-state index in [0.717, 1.165) is 12.1 Å². The van der Waals surface area contributed by atoms with Crippen LogP contribution in [0.1, 0.15) is 10.4 Å². The minimum Gasteiger partial charge on any atom is -0.481 e. The number of nitrogens with one attached hydrogen (secondary N) is 1. The molecule has 0 unspecified atom stereocenters. The van der Waals surface area contributed by atoms with Crippen LogP contribution in [-0.4, -0.2) is 25.5 Å². The van der Waals surface area contributed by atoms with Crippen LogP contribution < -0.4 is 15.0 Å². The molecule has 0 aliphatic carbocycles. The molecule has 0 atom stereocenters. The summed E-state index contributed by atoms with van der Waals surface area (Å²) in [6.07, 6.45) is 0. The lowest BCUT2D eigenvalue weighted by Crippen LogP contribution is -2.36. The molecule has 0 aromatic heterocycles. The molecule has 0 saturated heterocycles. The van der Waals surface area contributed by atoms with Crippen molar-refractivity contribution in [1.29, 1.82) is 0 Å². The van der Waals surface area contributed by atoms with Crippen LogP contribution in [0.3, 0.4) is 0 Å². The van der Waals surface area contributed by atoms with Crippen molar-refractivity contribution in [1.82, 2.24) is 0 Å². The fourth-order valence-corrected chi connectivity index (χ4v) is 2.27. The fraction of sp³-hybridized carbons (Fsp3) is 0.125. The molecule has 1 aliphatic rings. The number of benzene rings is 2. The predicted molar refractivity (Wildman–Crippen MR) is 79.7 cm³/mol. The number of rotatable bonds is 2. The maximum Gasteiger partial charge on any atom is 0.264 e. The second-order valence-corrected chi connectivity index (χ2v) is 4.97. The molecule has 1 heterocycles. The van der Waals surface area contributed by atoms with Gasteiger partial charge in [-0.15, -0.1) is 0 Å². The number of para-hydroxylation sites is 1. The highest BCUT2D eigenvalue weighted by atomic mass is 19.1. The van der Waals surface area contributed by atoms with Gasteiger partial charge in [0.25, 0.3) is 11.8 Å². The van der Waals surface area contributed by atoms with Crippen molar-refractivity contribution in [3.05, 3.63) is 53.6 Å². The van der Waals surface area contributed by atoms with Crippen molar-refractivity contribution < 1.29 is 23.1 Å². The minimum atomic E-state index is -0.878. The Morgan fingerprint density at radius 2 is 2.04 bits per heavy atom. The molecule has 0 spiro atoms. The molecule has 3 rings (SSSR count). The fourth-order valence-electron chi connectivity index (χ4n) is 2.27. The molecule has 7 heteroatoms. The SMILES string of the molecule is CN1C(=O)COc2c(C(=O)Nc3ccc(F)cc3F)cccc21. The molecular weight excluding hydrogens is 306 g/mol. The average Bonchev–Trinajstić information content (AvgIpc) is 2.53. The van der Waals surface area contributed by atoms with Gasteiger partial charge in [0.05, 0.1) is 16.9 Å². The van der Waals surface area contributed by atoms with Gasteiger partial charge in [-0.25, -0.2) is 8.78 Å². The molecule has 1 N–H and O–H groups in total. The smallest absolute Gasteiger partial charge is 0.264 e. The number of likely N-dealkylation sites (N-methyl/N-ethyl adjacent to an activating group) is 1. The molecule has 0 radical (unpaired) electrons. The lowest BCUT2D eigenvalue weighted by Gasteiger charge is -2.27. The molecule has 1 aliphatic heterocycles. The summed E-state index contributed by atoms with van der Waals surface area (Å²) in [4.78, 5) is 25.4. The van der Waals surface area contributed by atoms with Gasteiger partial charge in [0.1, 0.15) is 11.6 Å². The molecule has 0 bridgehead atoms. The van der Waals surface area contributed by atoms with Crippen LogP contribution in [0.2, 0.25) is 0 Å². The number of fused-ring (bicyclic) bond motifs is 1. The van der Waals surface area contributed by atoms with Crippen LogP contribution >= 0.6 is 0 Å². The highest BCUT2D eigenvalue weighted by molar-refractivity contribution is 6.09. The van der Waals surface area contributed by atoms with Gasteiger partial charge in [0, 0.05) is 13.1 Å². The molecule has 2 amide bonds. The van der Waals surface area contributed by atoms with Crippen molar-refractivity contribution in [3.63, 3.8) is 0 Å². The van der Waals surface area contributed by atoms with Gasteiger partial charge in [-0.05, 0) is 24.3 Å². The Labute approximate surface area is 130 Å².